The Hall–Kier alpha value is -1.95. The molecule has 0 amide bonds. The van der Waals surface area contributed by atoms with Crippen LogP contribution in [0.3, 0.4) is 0 Å². The molecule has 1 unspecified atom stereocenters. The van der Waals surface area contributed by atoms with Gasteiger partial charge in [0.15, 0.2) is 0 Å². The molecule has 4 rings (SSSR count). The van der Waals surface area contributed by atoms with Gasteiger partial charge in [-0.2, -0.15) is 5.10 Å². The van der Waals surface area contributed by atoms with Gasteiger partial charge >= 0.3 is 0 Å². The highest BCUT2D eigenvalue weighted by Crippen LogP contribution is 2.40. The first-order valence-corrected chi connectivity index (χ1v) is 8.43. The number of fused-ring (bicyclic) bond motifs is 1. The van der Waals surface area contributed by atoms with E-state index in [4.69, 9.17) is 5.73 Å². The molecule has 2 aromatic rings. The van der Waals surface area contributed by atoms with Gasteiger partial charge in [0.2, 0.25) is 0 Å². The molecule has 2 fully saturated rings. The van der Waals surface area contributed by atoms with E-state index in [1.807, 2.05) is 24.9 Å². The summed E-state index contributed by atoms with van der Waals surface area (Å²) in [6.45, 7) is 4.42. The fraction of sp³-hybridized carbons (Fsp3) is 0.588. The third-order valence-electron chi connectivity index (χ3n) is 5.53. The van der Waals surface area contributed by atoms with E-state index in [0.29, 0.717) is 5.82 Å². The number of rotatable bonds is 3. The van der Waals surface area contributed by atoms with Gasteiger partial charge in [-0.25, -0.2) is 0 Å². The van der Waals surface area contributed by atoms with E-state index < -0.39 is 0 Å². The third kappa shape index (κ3) is 2.61. The predicted octanol–water partition coefficient (Wildman–Crippen LogP) is 1.56. The zero-order chi connectivity index (χ0) is 16.0. The van der Waals surface area contributed by atoms with Crippen LogP contribution in [0.2, 0.25) is 0 Å². The number of anilines is 1. The zero-order valence-corrected chi connectivity index (χ0v) is 13.8. The predicted molar refractivity (Wildman–Crippen MR) is 89.7 cm³/mol. The average Bonchev–Trinajstić information content (AvgIpc) is 3.17. The van der Waals surface area contributed by atoms with Gasteiger partial charge < -0.3 is 11.1 Å². The number of aromatic nitrogens is 4. The summed E-state index contributed by atoms with van der Waals surface area (Å²) in [5, 5.41) is 16.3. The maximum absolute atomic E-state index is 6.10. The summed E-state index contributed by atoms with van der Waals surface area (Å²) in [4.78, 5) is 0. The molecule has 0 radical (unpaired) electrons. The van der Waals surface area contributed by atoms with E-state index in [9.17, 15) is 0 Å². The second kappa shape index (κ2) is 5.60. The van der Waals surface area contributed by atoms with Crippen molar-refractivity contribution < 1.29 is 0 Å². The van der Waals surface area contributed by atoms with Crippen LogP contribution in [-0.4, -0.2) is 33.1 Å². The molecule has 1 saturated carbocycles. The van der Waals surface area contributed by atoms with Crippen LogP contribution in [0.5, 0.6) is 0 Å². The van der Waals surface area contributed by atoms with Gasteiger partial charge in [-0.3, -0.25) is 4.68 Å². The van der Waals surface area contributed by atoms with Gasteiger partial charge in [0, 0.05) is 7.05 Å². The van der Waals surface area contributed by atoms with Gasteiger partial charge in [-0.1, -0.05) is 0 Å². The number of hydrogen-bond donors (Lipinski definition) is 2. The smallest absolute Gasteiger partial charge is 0.149 e. The average molecular weight is 312 g/mol. The fourth-order valence-corrected chi connectivity index (χ4v) is 4.40. The van der Waals surface area contributed by atoms with Gasteiger partial charge in [0.25, 0.3) is 0 Å². The summed E-state index contributed by atoms with van der Waals surface area (Å²) in [5.41, 5.74) is 10.2. The summed E-state index contributed by atoms with van der Waals surface area (Å²) in [6, 6.07) is 2.11. The molecule has 122 valence electrons. The Labute approximate surface area is 136 Å². The molecule has 2 aliphatic rings. The molecule has 3 atom stereocenters. The highest BCUT2D eigenvalue weighted by Gasteiger charge is 2.37. The van der Waals surface area contributed by atoms with E-state index in [0.717, 1.165) is 46.7 Å². The maximum Gasteiger partial charge on any atom is 0.149 e. The van der Waals surface area contributed by atoms with Crippen LogP contribution in [-0.2, 0) is 13.5 Å². The van der Waals surface area contributed by atoms with Crippen LogP contribution >= 0.6 is 0 Å². The maximum atomic E-state index is 6.10. The molecule has 2 aromatic heterocycles. The first-order valence-electron chi connectivity index (χ1n) is 8.43. The molecular formula is C17H24N6. The minimum atomic E-state index is 0.573. The van der Waals surface area contributed by atoms with E-state index in [1.54, 1.807) is 0 Å². The molecule has 1 aliphatic heterocycles. The molecule has 0 bridgehead atoms. The number of nitrogens with one attached hydrogen (secondary N) is 1. The molecular weight excluding hydrogens is 288 g/mol. The SMILES string of the molecule is Cc1cnn(C)c1-c1cc(CC2C[C@H]3CNC[C@H]3C2)c(N)nn1. The van der Waals surface area contributed by atoms with Crippen molar-refractivity contribution in [2.24, 2.45) is 24.8 Å². The Kier molecular flexibility index (Phi) is 3.56. The van der Waals surface area contributed by atoms with Gasteiger partial charge in [0.05, 0.1) is 11.9 Å². The van der Waals surface area contributed by atoms with Crippen molar-refractivity contribution in [2.45, 2.75) is 26.2 Å². The van der Waals surface area contributed by atoms with Crippen LogP contribution in [0.25, 0.3) is 11.4 Å². The molecule has 6 heteroatoms. The summed E-state index contributed by atoms with van der Waals surface area (Å²) < 4.78 is 1.85. The summed E-state index contributed by atoms with van der Waals surface area (Å²) >= 11 is 0. The van der Waals surface area contributed by atoms with Crippen molar-refractivity contribution in [2.75, 3.05) is 18.8 Å². The van der Waals surface area contributed by atoms with Gasteiger partial charge in [-0.05, 0) is 74.2 Å². The van der Waals surface area contributed by atoms with Crippen LogP contribution in [0.4, 0.5) is 5.82 Å². The number of aryl methyl sites for hydroxylation is 2. The molecule has 23 heavy (non-hydrogen) atoms. The molecule has 1 aliphatic carbocycles. The van der Waals surface area contributed by atoms with E-state index in [1.165, 1.54) is 25.9 Å². The Morgan fingerprint density at radius 1 is 1.26 bits per heavy atom. The Balaban J connectivity index is 1.58. The summed E-state index contributed by atoms with van der Waals surface area (Å²) in [7, 11) is 1.94. The first-order chi connectivity index (χ1) is 11.1. The van der Waals surface area contributed by atoms with Gasteiger partial charge in [-0.15, -0.1) is 10.2 Å². The molecule has 3 heterocycles. The lowest BCUT2D eigenvalue weighted by atomic mass is 9.96. The molecule has 0 spiro atoms. The fourth-order valence-electron chi connectivity index (χ4n) is 4.40. The Morgan fingerprint density at radius 2 is 2.00 bits per heavy atom. The molecule has 6 nitrogen and oxygen atoms in total. The van der Waals surface area contributed by atoms with Crippen LogP contribution < -0.4 is 11.1 Å². The Morgan fingerprint density at radius 3 is 2.65 bits per heavy atom. The number of nitrogens with two attached hydrogens (primary N) is 1. The van der Waals surface area contributed by atoms with Crippen LogP contribution in [0.15, 0.2) is 12.3 Å². The highest BCUT2D eigenvalue weighted by atomic mass is 15.3. The van der Waals surface area contributed by atoms with Crippen molar-refractivity contribution in [3.8, 4) is 11.4 Å². The van der Waals surface area contributed by atoms with Gasteiger partial charge in [0.1, 0.15) is 11.5 Å². The molecule has 3 N–H and O–H groups in total. The van der Waals surface area contributed by atoms with Crippen molar-refractivity contribution in [3.05, 3.63) is 23.4 Å². The standard InChI is InChI=1S/C17H24N6/c1-10-7-20-23(2)16(10)15-6-12(17(18)22-21-15)3-11-4-13-8-19-9-14(13)5-11/h6-7,11,13-14,19H,3-5,8-9H2,1-2H3,(H2,18,22)/t11?,13-,14+. The molecule has 0 aromatic carbocycles. The lowest BCUT2D eigenvalue weighted by Gasteiger charge is -2.13. The summed E-state index contributed by atoms with van der Waals surface area (Å²) in [6.07, 6.45) is 5.48. The minimum absolute atomic E-state index is 0.573. The normalized spacial score (nSPS) is 26.6. The van der Waals surface area contributed by atoms with Crippen LogP contribution in [0, 0.1) is 24.7 Å². The van der Waals surface area contributed by atoms with E-state index in [-0.39, 0.29) is 0 Å². The lowest BCUT2D eigenvalue weighted by Crippen LogP contribution is -2.14. The quantitative estimate of drug-likeness (QED) is 0.899. The summed E-state index contributed by atoms with van der Waals surface area (Å²) in [5.74, 6) is 3.01. The lowest BCUT2D eigenvalue weighted by molar-refractivity contribution is 0.490. The topological polar surface area (TPSA) is 81.7 Å². The van der Waals surface area contributed by atoms with Crippen molar-refractivity contribution >= 4 is 5.82 Å². The largest absolute Gasteiger partial charge is 0.382 e. The van der Waals surface area contributed by atoms with Crippen molar-refractivity contribution in [3.63, 3.8) is 0 Å². The van der Waals surface area contributed by atoms with Crippen molar-refractivity contribution in [1.29, 1.82) is 0 Å². The monoisotopic (exact) mass is 312 g/mol. The molecule has 1 saturated heterocycles. The Bertz CT molecular complexity index is 690. The zero-order valence-electron chi connectivity index (χ0n) is 13.8. The highest BCUT2D eigenvalue weighted by molar-refractivity contribution is 5.60. The number of hydrogen-bond acceptors (Lipinski definition) is 5. The number of nitrogens with zero attached hydrogens (tertiary/aromatic N) is 4. The van der Waals surface area contributed by atoms with E-state index >= 15 is 0 Å². The van der Waals surface area contributed by atoms with Crippen molar-refractivity contribution in [1.82, 2.24) is 25.3 Å². The van der Waals surface area contributed by atoms with Crippen LogP contribution in [0.1, 0.15) is 24.0 Å². The second-order valence-electron chi connectivity index (χ2n) is 7.16. The minimum Gasteiger partial charge on any atom is -0.382 e. The van der Waals surface area contributed by atoms with E-state index in [2.05, 4.69) is 26.7 Å². The number of nitrogen functional groups attached to an aromatic ring is 1. The first kappa shape index (κ1) is 14.6. The third-order valence-corrected chi connectivity index (χ3v) is 5.53. The second-order valence-corrected chi connectivity index (χ2v) is 7.16.